The summed E-state index contributed by atoms with van der Waals surface area (Å²) < 4.78 is 15.3. The standard InChI is InChI=1S/C16H20O6/c1-5-20-15(19)12-8-11(9-17)6-7-13(12)21-10-14(18)22-16(2,3)4/h6-9H,5,10H2,1-4H3. The number of hydrogen-bond acceptors (Lipinski definition) is 6. The van der Waals surface area contributed by atoms with Gasteiger partial charge < -0.3 is 14.2 Å². The second-order valence-corrected chi connectivity index (χ2v) is 5.47. The third-order valence-electron chi connectivity index (χ3n) is 2.40. The van der Waals surface area contributed by atoms with Crippen molar-refractivity contribution < 1.29 is 28.6 Å². The molecule has 0 saturated heterocycles. The Kier molecular flexibility index (Phi) is 6.10. The van der Waals surface area contributed by atoms with Crippen molar-refractivity contribution in [1.29, 1.82) is 0 Å². The smallest absolute Gasteiger partial charge is 0.344 e. The van der Waals surface area contributed by atoms with Gasteiger partial charge in [0.15, 0.2) is 6.61 Å². The molecule has 0 unspecified atom stereocenters. The van der Waals surface area contributed by atoms with E-state index < -0.39 is 17.5 Å². The lowest BCUT2D eigenvalue weighted by molar-refractivity contribution is -0.157. The van der Waals surface area contributed by atoms with Crippen LogP contribution in [0.1, 0.15) is 48.4 Å². The van der Waals surface area contributed by atoms with Crippen molar-refractivity contribution in [3.05, 3.63) is 29.3 Å². The molecule has 1 aromatic rings. The van der Waals surface area contributed by atoms with Crippen LogP contribution in [-0.4, -0.2) is 37.0 Å². The summed E-state index contributed by atoms with van der Waals surface area (Å²) in [4.78, 5) is 34.3. The van der Waals surface area contributed by atoms with Crippen LogP contribution in [0.2, 0.25) is 0 Å². The molecule has 6 nitrogen and oxygen atoms in total. The highest BCUT2D eigenvalue weighted by Gasteiger charge is 2.19. The summed E-state index contributed by atoms with van der Waals surface area (Å²) in [5.41, 5.74) is -0.214. The molecule has 0 aliphatic rings. The number of carbonyl (C=O) groups excluding carboxylic acids is 3. The molecule has 0 radical (unpaired) electrons. The molecular formula is C16H20O6. The van der Waals surface area contributed by atoms with E-state index in [1.807, 2.05) is 0 Å². The van der Waals surface area contributed by atoms with E-state index in [4.69, 9.17) is 14.2 Å². The monoisotopic (exact) mass is 308 g/mol. The summed E-state index contributed by atoms with van der Waals surface area (Å²) in [7, 11) is 0. The van der Waals surface area contributed by atoms with Gasteiger partial charge in [0.1, 0.15) is 23.2 Å². The van der Waals surface area contributed by atoms with E-state index in [9.17, 15) is 14.4 Å². The first kappa shape index (κ1) is 17.7. The average molecular weight is 308 g/mol. The van der Waals surface area contributed by atoms with Gasteiger partial charge in [0.25, 0.3) is 0 Å². The predicted octanol–water partition coefficient (Wildman–Crippen LogP) is 2.40. The minimum Gasteiger partial charge on any atom is -0.481 e. The van der Waals surface area contributed by atoms with E-state index in [0.717, 1.165) is 0 Å². The van der Waals surface area contributed by atoms with Crippen LogP contribution in [0.4, 0.5) is 0 Å². The quantitative estimate of drug-likeness (QED) is 0.593. The van der Waals surface area contributed by atoms with Crippen molar-refractivity contribution in [2.45, 2.75) is 33.3 Å². The van der Waals surface area contributed by atoms with Crippen LogP contribution < -0.4 is 4.74 Å². The lowest BCUT2D eigenvalue weighted by atomic mass is 10.1. The third-order valence-corrected chi connectivity index (χ3v) is 2.40. The van der Waals surface area contributed by atoms with Gasteiger partial charge in [0.2, 0.25) is 0 Å². The molecule has 0 heterocycles. The molecule has 0 aromatic heterocycles. The number of hydrogen-bond donors (Lipinski definition) is 0. The molecule has 0 fully saturated rings. The molecule has 0 aliphatic heterocycles. The third kappa shape index (κ3) is 5.55. The van der Waals surface area contributed by atoms with Crippen LogP contribution in [0.15, 0.2) is 18.2 Å². The summed E-state index contributed by atoms with van der Waals surface area (Å²) in [6, 6.07) is 4.29. The Bertz CT molecular complexity index is 556. The maximum absolute atomic E-state index is 11.9. The Morgan fingerprint density at radius 1 is 1.23 bits per heavy atom. The Morgan fingerprint density at radius 2 is 1.91 bits per heavy atom. The first-order chi connectivity index (χ1) is 10.3. The van der Waals surface area contributed by atoms with Crippen LogP contribution in [0.5, 0.6) is 5.75 Å². The van der Waals surface area contributed by atoms with E-state index in [1.54, 1.807) is 27.7 Å². The van der Waals surface area contributed by atoms with Crippen molar-refractivity contribution in [3.63, 3.8) is 0 Å². The van der Waals surface area contributed by atoms with E-state index >= 15 is 0 Å². The van der Waals surface area contributed by atoms with Gasteiger partial charge in [-0.05, 0) is 45.9 Å². The number of rotatable bonds is 6. The van der Waals surface area contributed by atoms with Gasteiger partial charge >= 0.3 is 11.9 Å². The average Bonchev–Trinajstić information content (AvgIpc) is 2.43. The molecule has 0 saturated carbocycles. The van der Waals surface area contributed by atoms with Crippen LogP contribution in [0, 0.1) is 0 Å². The number of carbonyl (C=O) groups is 3. The highest BCUT2D eigenvalue weighted by atomic mass is 16.6. The molecule has 0 aliphatic carbocycles. The molecular weight excluding hydrogens is 288 g/mol. The zero-order valence-electron chi connectivity index (χ0n) is 13.2. The molecule has 0 N–H and O–H groups in total. The largest absolute Gasteiger partial charge is 0.481 e. The summed E-state index contributed by atoms with van der Waals surface area (Å²) >= 11 is 0. The van der Waals surface area contributed by atoms with Gasteiger partial charge in [-0.2, -0.15) is 0 Å². The predicted molar refractivity (Wildman–Crippen MR) is 79.1 cm³/mol. The molecule has 0 spiro atoms. The van der Waals surface area contributed by atoms with Gasteiger partial charge in [-0.15, -0.1) is 0 Å². The Balaban J connectivity index is 2.87. The molecule has 1 aromatic carbocycles. The highest BCUT2D eigenvalue weighted by Crippen LogP contribution is 2.21. The molecule has 6 heteroatoms. The van der Waals surface area contributed by atoms with E-state index in [1.165, 1.54) is 18.2 Å². The van der Waals surface area contributed by atoms with E-state index in [2.05, 4.69) is 0 Å². The van der Waals surface area contributed by atoms with Gasteiger partial charge in [0, 0.05) is 5.56 Å². The second kappa shape index (κ2) is 7.59. The van der Waals surface area contributed by atoms with Crippen LogP contribution >= 0.6 is 0 Å². The van der Waals surface area contributed by atoms with Crippen molar-refractivity contribution in [1.82, 2.24) is 0 Å². The molecule has 0 bridgehead atoms. The Hall–Kier alpha value is -2.37. The Morgan fingerprint density at radius 3 is 2.45 bits per heavy atom. The van der Waals surface area contributed by atoms with E-state index in [0.29, 0.717) is 11.8 Å². The number of esters is 2. The minimum atomic E-state index is -0.620. The summed E-state index contributed by atoms with van der Waals surface area (Å²) in [6.07, 6.45) is 0.611. The Labute approximate surface area is 129 Å². The van der Waals surface area contributed by atoms with Gasteiger partial charge in [-0.3, -0.25) is 4.79 Å². The summed E-state index contributed by atoms with van der Waals surface area (Å²) in [6.45, 7) is 6.75. The normalized spacial score (nSPS) is 10.7. The second-order valence-electron chi connectivity index (χ2n) is 5.47. The van der Waals surface area contributed by atoms with Gasteiger partial charge in [-0.25, -0.2) is 9.59 Å². The molecule has 1 rings (SSSR count). The number of benzene rings is 1. The molecule has 0 amide bonds. The molecule has 0 atom stereocenters. The van der Waals surface area contributed by atoms with Crippen molar-refractivity contribution in [2.75, 3.05) is 13.2 Å². The first-order valence-electron chi connectivity index (χ1n) is 6.88. The van der Waals surface area contributed by atoms with Crippen LogP contribution in [0.3, 0.4) is 0 Å². The summed E-state index contributed by atoms with van der Waals surface area (Å²) in [5, 5.41) is 0. The van der Waals surface area contributed by atoms with Crippen LogP contribution in [0.25, 0.3) is 0 Å². The number of ether oxygens (including phenoxy) is 3. The lowest BCUT2D eigenvalue weighted by Gasteiger charge is -2.19. The fourth-order valence-electron chi connectivity index (χ4n) is 1.62. The van der Waals surface area contributed by atoms with Gasteiger partial charge in [-0.1, -0.05) is 0 Å². The molecule has 22 heavy (non-hydrogen) atoms. The van der Waals surface area contributed by atoms with Crippen LogP contribution in [-0.2, 0) is 14.3 Å². The van der Waals surface area contributed by atoms with E-state index in [-0.39, 0.29) is 24.5 Å². The minimum absolute atomic E-state index is 0.0926. The topological polar surface area (TPSA) is 78.9 Å². The van der Waals surface area contributed by atoms with Crippen molar-refractivity contribution >= 4 is 18.2 Å². The lowest BCUT2D eigenvalue weighted by Crippen LogP contribution is -2.27. The van der Waals surface area contributed by atoms with Gasteiger partial charge in [0.05, 0.1) is 6.61 Å². The maximum Gasteiger partial charge on any atom is 0.344 e. The first-order valence-corrected chi connectivity index (χ1v) is 6.88. The number of aldehydes is 1. The maximum atomic E-state index is 11.9. The molecule has 120 valence electrons. The fraction of sp³-hybridized carbons (Fsp3) is 0.438. The zero-order chi connectivity index (χ0) is 16.8. The van der Waals surface area contributed by atoms with Crippen molar-refractivity contribution in [2.24, 2.45) is 0 Å². The van der Waals surface area contributed by atoms with Crippen molar-refractivity contribution in [3.8, 4) is 5.75 Å². The fourth-order valence-corrected chi connectivity index (χ4v) is 1.62. The summed E-state index contributed by atoms with van der Waals surface area (Å²) in [5.74, 6) is -1.01. The highest BCUT2D eigenvalue weighted by molar-refractivity contribution is 5.94. The SMILES string of the molecule is CCOC(=O)c1cc(C=O)ccc1OCC(=O)OC(C)(C)C. The zero-order valence-corrected chi connectivity index (χ0v) is 13.2.